The highest BCUT2D eigenvalue weighted by Gasteiger charge is 2.00. The van der Waals surface area contributed by atoms with Crippen LogP contribution in [0.5, 0.6) is 0 Å². The van der Waals surface area contributed by atoms with Gasteiger partial charge < -0.3 is 10.3 Å². The molecule has 14 heavy (non-hydrogen) atoms. The average molecular weight is 191 g/mol. The van der Waals surface area contributed by atoms with Crippen molar-refractivity contribution in [2.45, 2.75) is 38.8 Å². The van der Waals surface area contributed by atoms with Gasteiger partial charge in [-0.1, -0.05) is 0 Å². The van der Waals surface area contributed by atoms with E-state index < -0.39 is 0 Å². The molecular weight excluding hydrogens is 174 g/mol. The van der Waals surface area contributed by atoms with Crippen LogP contribution in [0.25, 0.3) is 0 Å². The zero-order valence-electron chi connectivity index (χ0n) is 8.61. The van der Waals surface area contributed by atoms with Gasteiger partial charge in [0.1, 0.15) is 0 Å². The first-order valence-corrected chi connectivity index (χ1v) is 5.02. The molecule has 1 heterocycles. The molecule has 0 saturated carbocycles. The largest absolute Gasteiger partial charge is 0.354 e. The molecule has 0 aromatic carbocycles. The summed E-state index contributed by atoms with van der Waals surface area (Å²) in [6.07, 6.45) is 6.81. The lowest BCUT2D eigenvalue weighted by Gasteiger charge is -2.02. The average Bonchev–Trinajstić information content (AvgIpc) is 2.61. The van der Waals surface area contributed by atoms with Crippen molar-refractivity contribution in [2.24, 2.45) is 5.73 Å². The summed E-state index contributed by atoms with van der Waals surface area (Å²) in [4.78, 5) is 0. The normalized spacial score (nSPS) is 12.4. The lowest BCUT2D eigenvalue weighted by Crippen LogP contribution is -2.03. The molecule has 0 amide bonds. The molecule has 0 saturated heterocycles. The van der Waals surface area contributed by atoms with E-state index in [-0.39, 0.29) is 6.04 Å². The maximum absolute atomic E-state index is 8.37. The van der Waals surface area contributed by atoms with E-state index in [0.717, 1.165) is 19.4 Å². The van der Waals surface area contributed by atoms with Crippen LogP contribution >= 0.6 is 0 Å². The molecular formula is C11H17N3. The van der Waals surface area contributed by atoms with Crippen molar-refractivity contribution in [3.8, 4) is 6.07 Å². The molecule has 1 rings (SSSR count). The Bertz CT molecular complexity index is 307. The highest BCUT2D eigenvalue weighted by Crippen LogP contribution is 2.10. The third kappa shape index (κ3) is 3.23. The summed E-state index contributed by atoms with van der Waals surface area (Å²) in [5, 5.41) is 8.37. The SMILES string of the molecule is CC(N)c1ccn(CCCCC#N)c1. The van der Waals surface area contributed by atoms with Gasteiger partial charge in [-0.3, -0.25) is 0 Å². The number of hydrogen-bond donors (Lipinski definition) is 1. The zero-order valence-corrected chi connectivity index (χ0v) is 8.61. The van der Waals surface area contributed by atoms with Crippen LogP contribution in [0, 0.1) is 11.3 Å². The summed E-state index contributed by atoms with van der Waals surface area (Å²) < 4.78 is 2.13. The Labute approximate surface area is 85.1 Å². The van der Waals surface area contributed by atoms with E-state index in [1.165, 1.54) is 5.56 Å². The molecule has 0 aliphatic carbocycles. The van der Waals surface area contributed by atoms with Crippen molar-refractivity contribution in [3.05, 3.63) is 24.0 Å². The first-order chi connectivity index (χ1) is 6.74. The van der Waals surface area contributed by atoms with Gasteiger partial charge in [-0.05, 0) is 31.4 Å². The molecule has 0 aliphatic heterocycles. The van der Waals surface area contributed by atoms with Crippen LogP contribution in [0.1, 0.15) is 37.8 Å². The van der Waals surface area contributed by atoms with Crippen molar-refractivity contribution >= 4 is 0 Å². The monoisotopic (exact) mass is 191 g/mol. The molecule has 0 bridgehead atoms. The smallest absolute Gasteiger partial charge is 0.0621 e. The number of rotatable bonds is 5. The van der Waals surface area contributed by atoms with Gasteiger partial charge in [0.25, 0.3) is 0 Å². The second-order valence-electron chi connectivity index (χ2n) is 3.59. The summed E-state index contributed by atoms with van der Waals surface area (Å²) in [5.74, 6) is 0. The van der Waals surface area contributed by atoms with Gasteiger partial charge in [0.15, 0.2) is 0 Å². The third-order valence-corrected chi connectivity index (χ3v) is 2.25. The Morgan fingerprint density at radius 2 is 2.36 bits per heavy atom. The van der Waals surface area contributed by atoms with Crippen molar-refractivity contribution in [1.82, 2.24) is 4.57 Å². The summed E-state index contributed by atoms with van der Waals surface area (Å²) in [6.45, 7) is 2.96. The van der Waals surface area contributed by atoms with Crippen LogP contribution in [0.2, 0.25) is 0 Å². The molecule has 3 heteroatoms. The lowest BCUT2D eigenvalue weighted by molar-refractivity contribution is 0.616. The quantitative estimate of drug-likeness (QED) is 0.725. The first kappa shape index (κ1) is 10.8. The van der Waals surface area contributed by atoms with E-state index in [0.29, 0.717) is 6.42 Å². The predicted molar refractivity (Wildman–Crippen MR) is 56.5 cm³/mol. The van der Waals surface area contributed by atoms with Gasteiger partial charge in [0.05, 0.1) is 6.07 Å². The third-order valence-electron chi connectivity index (χ3n) is 2.25. The minimum Gasteiger partial charge on any atom is -0.354 e. The van der Waals surface area contributed by atoms with Crippen LogP contribution in [-0.4, -0.2) is 4.57 Å². The molecule has 0 aliphatic rings. The van der Waals surface area contributed by atoms with E-state index in [2.05, 4.69) is 22.9 Å². The molecule has 1 atom stereocenters. The van der Waals surface area contributed by atoms with Gasteiger partial charge >= 0.3 is 0 Å². The number of hydrogen-bond acceptors (Lipinski definition) is 2. The standard InChI is InChI=1S/C11H17N3/c1-10(13)11-5-8-14(9-11)7-4-2-3-6-12/h5,8-10H,2-4,7,13H2,1H3. The molecule has 1 aromatic rings. The maximum atomic E-state index is 8.37. The second-order valence-corrected chi connectivity index (χ2v) is 3.59. The van der Waals surface area contributed by atoms with Crippen LogP contribution in [0.3, 0.4) is 0 Å². The predicted octanol–water partition coefficient (Wildman–Crippen LogP) is 2.20. The number of nitrogens with two attached hydrogens (primary N) is 1. The first-order valence-electron chi connectivity index (χ1n) is 5.02. The van der Waals surface area contributed by atoms with Gasteiger partial charge in [-0.25, -0.2) is 0 Å². The van der Waals surface area contributed by atoms with E-state index in [4.69, 9.17) is 11.0 Å². The summed E-state index contributed by atoms with van der Waals surface area (Å²) in [6, 6.07) is 4.31. The highest BCUT2D eigenvalue weighted by molar-refractivity contribution is 5.13. The summed E-state index contributed by atoms with van der Waals surface area (Å²) >= 11 is 0. The van der Waals surface area contributed by atoms with E-state index in [1.54, 1.807) is 0 Å². The van der Waals surface area contributed by atoms with Crippen LogP contribution < -0.4 is 5.73 Å². The second kappa shape index (κ2) is 5.46. The maximum Gasteiger partial charge on any atom is 0.0621 e. The van der Waals surface area contributed by atoms with E-state index in [1.807, 2.05) is 13.1 Å². The fourth-order valence-corrected chi connectivity index (χ4v) is 1.37. The number of aryl methyl sites for hydroxylation is 1. The molecule has 76 valence electrons. The molecule has 2 N–H and O–H groups in total. The van der Waals surface area contributed by atoms with E-state index >= 15 is 0 Å². The lowest BCUT2D eigenvalue weighted by atomic mass is 10.2. The van der Waals surface area contributed by atoms with Crippen molar-refractivity contribution in [2.75, 3.05) is 0 Å². The summed E-state index contributed by atoms with van der Waals surface area (Å²) in [7, 11) is 0. The van der Waals surface area contributed by atoms with Crippen LogP contribution in [0.4, 0.5) is 0 Å². The van der Waals surface area contributed by atoms with E-state index in [9.17, 15) is 0 Å². The minimum absolute atomic E-state index is 0.107. The van der Waals surface area contributed by atoms with Gasteiger partial charge in [0, 0.05) is 31.4 Å². The minimum atomic E-state index is 0.107. The topological polar surface area (TPSA) is 54.7 Å². The van der Waals surface area contributed by atoms with Crippen molar-refractivity contribution < 1.29 is 0 Å². The number of unbranched alkanes of at least 4 members (excludes halogenated alkanes) is 2. The molecule has 1 unspecified atom stereocenters. The fourth-order valence-electron chi connectivity index (χ4n) is 1.37. The van der Waals surface area contributed by atoms with Crippen LogP contribution in [0.15, 0.2) is 18.5 Å². The number of nitriles is 1. The molecule has 0 fully saturated rings. The Hall–Kier alpha value is -1.27. The van der Waals surface area contributed by atoms with Crippen molar-refractivity contribution in [3.63, 3.8) is 0 Å². The number of nitrogens with zero attached hydrogens (tertiary/aromatic N) is 2. The Morgan fingerprint density at radius 3 is 2.93 bits per heavy atom. The Morgan fingerprint density at radius 1 is 1.57 bits per heavy atom. The van der Waals surface area contributed by atoms with Crippen molar-refractivity contribution in [1.29, 1.82) is 5.26 Å². The molecule has 1 aromatic heterocycles. The Balaban J connectivity index is 2.33. The Kier molecular flexibility index (Phi) is 4.21. The van der Waals surface area contributed by atoms with Gasteiger partial charge in [-0.15, -0.1) is 0 Å². The molecule has 0 radical (unpaired) electrons. The van der Waals surface area contributed by atoms with Gasteiger partial charge in [-0.2, -0.15) is 5.26 Å². The molecule has 0 spiro atoms. The fraction of sp³-hybridized carbons (Fsp3) is 0.545. The molecule has 3 nitrogen and oxygen atoms in total. The highest BCUT2D eigenvalue weighted by atomic mass is 14.9. The zero-order chi connectivity index (χ0) is 10.4. The van der Waals surface area contributed by atoms with Crippen LogP contribution in [-0.2, 0) is 6.54 Å². The van der Waals surface area contributed by atoms with Gasteiger partial charge in [0.2, 0.25) is 0 Å². The number of aromatic nitrogens is 1. The summed E-state index contributed by atoms with van der Waals surface area (Å²) in [5.41, 5.74) is 6.92.